The van der Waals surface area contributed by atoms with Crippen LogP contribution in [0.25, 0.3) is 0 Å². The Balaban J connectivity index is 2.13. The molecule has 2 aliphatic rings. The van der Waals surface area contributed by atoms with Crippen molar-refractivity contribution in [2.24, 2.45) is 11.8 Å². The summed E-state index contributed by atoms with van der Waals surface area (Å²) in [7, 11) is 1.43. The van der Waals surface area contributed by atoms with E-state index >= 15 is 0 Å². The van der Waals surface area contributed by atoms with Crippen LogP contribution in [0.3, 0.4) is 0 Å². The smallest absolute Gasteiger partial charge is 0.309 e. The summed E-state index contributed by atoms with van der Waals surface area (Å²) in [6.07, 6.45) is 5.66. The van der Waals surface area contributed by atoms with Crippen molar-refractivity contribution in [3.8, 4) is 0 Å². The average Bonchev–Trinajstić information content (AvgIpc) is 2.54. The normalized spacial score (nSPS) is 41.9. The molecule has 0 unspecified atom stereocenters. The molecule has 0 aliphatic heterocycles. The van der Waals surface area contributed by atoms with Crippen molar-refractivity contribution in [1.82, 2.24) is 0 Å². The Morgan fingerprint density at radius 2 is 2.14 bits per heavy atom. The van der Waals surface area contributed by atoms with Crippen LogP contribution in [-0.4, -0.2) is 23.8 Å². The molecule has 2 saturated carbocycles. The Morgan fingerprint density at radius 3 is 2.86 bits per heavy atom. The van der Waals surface area contributed by atoms with Gasteiger partial charge in [0.2, 0.25) is 0 Å². The van der Waals surface area contributed by atoms with E-state index in [1.165, 1.54) is 7.11 Å². The fraction of sp³-hybridized carbons (Fsp3) is 0.909. The van der Waals surface area contributed by atoms with Crippen molar-refractivity contribution in [2.75, 3.05) is 7.11 Å². The lowest BCUT2D eigenvalue weighted by molar-refractivity contribution is -0.149. The van der Waals surface area contributed by atoms with Crippen LogP contribution in [0.1, 0.15) is 38.5 Å². The molecule has 14 heavy (non-hydrogen) atoms. The van der Waals surface area contributed by atoms with Crippen LogP contribution in [0.2, 0.25) is 0 Å². The molecule has 2 fully saturated rings. The Morgan fingerprint density at radius 1 is 1.36 bits per heavy atom. The first-order valence-electron chi connectivity index (χ1n) is 5.47. The largest absolute Gasteiger partial charge is 0.469 e. The molecule has 0 aromatic rings. The van der Waals surface area contributed by atoms with Gasteiger partial charge in [-0.05, 0) is 25.7 Å². The molecule has 0 bridgehead atoms. The summed E-state index contributed by atoms with van der Waals surface area (Å²) in [5.41, 5.74) is -0.558. The number of carbonyl (C=O) groups is 1. The quantitative estimate of drug-likeness (QED) is 0.649. The first-order valence-corrected chi connectivity index (χ1v) is 5.47. The van der Waals surface area contributed by atoms with Crippen LogP contribution < -0.4 is 0 Å². The van der Waals surface area contributed by atoms with Crippen LogP contribution in [0, 0.1) is 11.8 Å². The maximum atomic E-state index is 11.5. The van der Waals surface area contributed by atoms with Crippen molar-refractivity contribution in [3.63, 3.8) is 0 Å². The third-order valence-corrected chi connectivity index (χ3v) is 3.94. The molecule has 80 valence electrons. The zero-order valence-electron chi connectivity index (χ0n) is 8.66. The predicted octanol–water partition coefficient (Wildman–Crippen LogP) is 1.49. The van der Waals surface area contributed by atoms with Gasteiger partial charge in [-0.15, -0.1) is 0 Å². The van der Waals surface area contributed by atoms with Gasteiger partial charge in [-0.25, -0.2) is 0 Å². The summed E-state index contributed by atoms with van der Waals surface area (Å²) < 4.78 is 4.78. The number of hydrogen-bond donors (Lipinski definition) is 1. The molecule has 2 rings (SSSR count). The van der Waals surface area contributed by atoms with E-state index in [1.807, 2.05) is 0 Å². The molecule has 0 aromatic carbocycles. The van der Waals surface area contributed by atoms with E-state index < -0.39 is 5.60 Å². The van der Waals surface area contributed by atoms with E-state index in [0.29, 0.717) is 0 Å². The number of fused-ring (bicyclic) bond motifs is 1. The lowest BCUT2D eigenvalue weighted by Gasteiger charge is -2.36. The summed E-state index contributed by atoms with van der Waals surface area (Å²) in [5, 5.41) is 10.3. The van der Waals surface area contributed by atoms with E-state index in [1.54, 1.807) is 0 Å². The minimum atomic E-state index is -0.558. The standard InChI is InChI=1S/C11H18O3/c1-14-10(12)8-5-7-11(13)6-3-2-4-9(8)11/h8-9,13H,2-7H2,1H3/t8-,9-,11-/m1/s1. The van der Waals surface area contributed by atoms with E-state index in [-0.39, 0.29) is 17.8 Å². The van der Waals surface area contributed by atoms with E-state index in [0.717, 1.165) is 38.5 Å². The zero-order valence-corrected chi connectivity index (χ0v) is 8.66. The monoisotopic (exact) mass is 198 g/mol. The molecular weight excluding hydrogens is 180 g/mol. The number of aliphatic hydroxyl groups is 1. The minimum Gasteiger partial charge on any atom is -0.469 e. The summed E-state index contributed by atoms with van der Waals surface area (Å²) in [5.74, 6) is -0.0261. The molecule has 1 N–H and O–H groups in total. The van der Waals surface area contributed by atoms with Gasteiger partial charge in [0.25, 0.3) is 0 Å². The number of esters is 1. The molecule has 0 heterocycles. The molecule has 3 nitrogen and oxygen atoms in total. The minimum absolute atomic E-state index is 0.0506. The van der Waals surface area contributed by atoms with E-state index in [4.69, 9.17) is 4.74 Å². The Bertz CT molecular complexity index is 239. The summed E-state index contributed by atoms with van der Waals surface area (Å²) in [4.78, 5) is 11.5. The molecular formula is C11H18O3. The molecule has 0 aromatic heterocycles. The van der Waals surface area contributed by atoms with Gasteiger partial charge in [0.15, 0.2) is 0 Å². The first kappa shape index (κ1) is 9.97. The summed E-state index contributed by atoms with van der Waals surface area (Å²) >= 11 is 0. The van der Waals surface area contributed by atoms with Crippen molar-refractivity contribution in [1.29, 1.82) is 0 Å². The topological polar surface area (TPSA) is 46.5 Å². The van der Waals surface area contributed by atoms with E-state index in [2.05, 4.69) is 0 Å². The number of carbonyl (C=O) groups excluding carboxylic acids is 1. The second-order valence-corrected chi connectivity index (χ2v) is 4.62. The van der Waals surface area contributed by atoms with Gasteiger partial charge in [0.05, 0.1) is 18.6 Å². The number of rotatable bonds is 1. The van der Waals surface area contributed by atoms with Crippen LogP contribution in [0.5, 0.6) is 0 Å². The fourth-order valence-electron chi connectivity index (χ4n) is 3.18. The molecule has 3 atom stereocenters. The highest BCUT2D eigenvalue weighted by molar-refractivity contribution is 5.73. The highest BCUT2D eigenvalue weighted by Crippen LogP contribution is 2.49. The van der Waals surface area contributed by atoms with Crippen LogP contribution in [0.4, 0.5) is 0 Å². The highest BCUT2D eigenvalue weighted by Gasteiger charge is 2.50. The zero-order chi connectivity index (χ0) is 10.2. The molecule has 0 amide bonds. The van der Waals surface area contributed by atoms with Gasteiger partial charge < -0.3 is 9.84 Å². The maximum Gasteiger partial charge on any atom is 0.309 e. The second-order valence-electron chi connectivity index (χ2n) is 4.62. The second kappa shape index (κ2) is 3.54. The van der Waals surface area contributed by atoms with Crippen molar-refractivity contribution >= 4 is 5.97 Å². The van der Waals surface area contributed by atoms with Crippen LogP contribution >= 0.6 is 0 Å². The highest BCUT2D eigenvalue weighted by atomic mass is 16.5. The Hall–Kier alpha value is -0.570. The Labute approximate surface area is 84.4 Å². The summed E-state index contributed by atoms with van der Waals surface area (Å²) in [6.45, 7) is 0. The van der Waals surface area contributed by atoms with Gasteiger partial charge in [-0.3, -0.25) is 4.79 Å². The fourth-order valence-corrected chi connectivity index (χ4v) is 3.18. The SMILES string of the molecule is COC(=O)[C@@H]1CC[C@]2(O)CCCC[C@H]12. The molecule has 3 heteroatoms. The third kappa shape index (κ3) is 1.44. The maximum absolute atomic E-state index is 11.5. The summed E-state index contributed by atoms with van der Waals surface area (Å²) in [6, 6.07) is 0. The van der Waals surface area contributed by atoms with Crippen LogP contribution in [0.15, 0.2) is 0 Å². The van der Waals surface area contributed by atoms with Gasteiger partial charge in [-0.1, -0.05) is 12.8 Å². The van der Waals surface area contributed by atoms with Crippen molar-refractivity contribution < 1.29 is 14.6 Å². The number of methoxy groups -OCH3 is 1. The van der Waals surface area contributed by atoms with Gasteiger partial charge in [0, 0.05) is 5.92 Å². The van der Waals surface area contributed by atoms with Crippen LogP contribution in [-0.2, 0) is 9.53 Å². The lowest BCUT2D eigenvalue weighted by Crippen LogP contribution is -2.39. The molecule has 0 radical (unpaired) electrons. The van der Waals surface area contributed by atoms with Crippen molar-refractivity contribution in [3.05, 3.63) is 0 Å². The van der Waals surface area contributed by atoms with Gasteiger partial charge >= 0.3 is 5.97 Å². The molecule has 2 aliphatic carbocycles. The van der Waals surface area contributed by atoms with Gasteiger partial charge in [0.1, 0.15) is 0 Å². The van der Waals surface area contributed by atoms with E-state index in [9.17, 15) is 9.90 Å². The van der Waals surface area contributed by atoms with Crippen molar-refractivity contribution in [2.45, 2.75) is 44.1 Å². The number of hydrogen-bond acceptors (Lipinski definition) is 3. The first-order chi connectivity index (χ1) is 6.67. The molecule has 0 saturated heterocycles. The lowest BCUT2D eigenvalue weighted by atomic mass is 9.75. The predicted molar refractivity (Wildman–Crippen MR) is 51.6 cm³/mol. The number of ether oxygens (including phenoxy) is 1. The third-order valence-electron chi connectivity index (χ3n) is 3.94. The molecule has 0 spiro atoms. The van der Waals surface area contributed by atoms with Gasteiger partial charge in [-0.2, -0.15) is 0 Å². The Kier molecular flexibility index (Phi) is 2.52. The average molecular weight is 198 g/mol.